The maximum Gasteiger partial charge on any atom is 0.338 e. The molecule has 0 amide bonds. The number of hydrogen-bond donors (Lipinski definition) is 1. The van der Waals surface area contributed by atoms with E-state index in [9.17, 15) is 4.79 Å². The summed E-state index contributed by atoms with van der Waals surface area (Å²) in [5.41, 5.74) is 2.74. The van der Waals surface area contributed by atoms with Gasteiger partial charge >= 0.3 is 5.97 Å². The molecule has 1 aliphatic rings. The van der Waals surface area contributed by atoms with Crippen LogP contribution in [-0.2, 0) is 16.1 Å². The number of nitrogens with one attached hydrogen (secondary N) is 1. The van der Waals surface area contributed by atoms with Crippen molar-refractivity contribution >= 4 is 51.2 Å². The van der Waals surface area contributed by atoms with Crippen LogP contribution in [0.15, 0.2) is 57.3 Å². The molecule has 8 nitrogen and oxygen atoms in total. The molecule has 0 spiro atoms. The average Bonchev–Trinajstić information content (AvgIpc) is 3.31. The van der Waals surface area contributed by atoms with Gasteiger partial charge < -0.3 is 19.5 Å². The molecule has 0 saturated heterocycles. The second-order valence-electron chi connectivity index (χ2n) is 8.63. The second kappa shape index (κ2) is 12.9. The van der Waals surface area contributed by atoms with Crippen LogP contribution in [0.1, 0.15) is 50.8 Å². The highest BCUT2D eigenvalue weighted by Gasteiger charge is 2.36. The molecule has 1 unspecified atom stereocenters. The Labute approximate surface area is 240 Å². The zero-order valence-corrected chi connectivity index (χ0v) is 24.9. The summed E-state index contributed by atoms with van der Waals surface area (Å²) in [6.07, 6.45) is 1.72. The molecule has 0 fully saturated rings. The number of thioether (sulfide) groups is 1. The summed E-state index contributed by atoms with van der Waals surface area (Å²) in [5.74, 6) is 2.08. The number of fused-ring (bicyclic) bond motifs is 1. The van der Waals surface area contributed by atoms with E-state index in [1.807, 2.05) is 50.2 Å². The number of carbonyl (C=O) groups excluding carboxylic acids is 1. The van der Waals surface area contributed by atoms with Crippen LogP contribution in [0.5, 0.6) is 11.5 Å². The molecular weight excluding hydrogens is 592 g/mol. The first kappa shape index (κ1) is 28.3. The van der Waals surface area contributed by atoms with Crippen molar-refractivity contribution in [3.05, 3.63) is 68.3 Å². The van der Waals surface area contributed by atoms with Crippen LogP contribution in [0.3, 0.4) is 0 Å². The van der Waals surface area contributed by atoms with Crippen molar-refractivity contribution in [2.24, 2.45) is 0 Å². The van der Waals surface area contributed by atoms with Gasteiger partial charge in [0.2, 0.25) is 11.1 Å². The first-order valence-corrected chi connectivity index (χ1v) is 14.5. The fraction of sp³-hybridized carbons (Fsp3) is 0.370. The van der Waals surface area contributed by atoms with Crippen LogP contribution >= 0.6 is 39.3 Å². The highest BCUT2D eigenvalue weighted by atomic mass is 79.9. The highest BCUT2D eigenvalue weighted by molar-refractivity contribution is 9.10. The van der Waals surface area contributed by atoms with E-state index in [2.05, 4.69) is 33.2 Å². The monoisotopic (exact) mass is 620 g/mol. The maximum atomic E-state index is 13.3. The minimum atomic E-state index is -0.582. The highest BCUT2D eigenvalue weighted by Crippen LogP contribution is 2.43. The number of aromatic nitrogens is 3. The van der Waals surface area contributed by atoms with E-state index >= 15 is 0 Å². The molecule has 0 bridgehead atoms. The maximum absolute atomic E-state index is 13.3. The summed E-state index contributed by atoms with van der Waals surface area (Å²) < 4.78 is 19.8. The molecule has 2 aromatic carbocycles. The van der Waals surface area contributed by atoms with Gasteiger partial charge in [-0.3, -0.25) is 0 Å². The Hall–Kier alpha value is -2.69. The van der Waals surface area contributed by atoms with Crippen molar-refractivity contribution in [3.63, 3.8) is 0 Å². The van der Waals surface area contributed by atoms with Gasteiger partial charge in [-0.1, -0.05) is 55.4 Å². The standard InChI is InChI=1S/C27H30BrClN4O4S/c1-5-11-36-25(34)22-16(3)30-26-31-27(38-12-6-2)32-33(26)23(22)18-13-19(28)24(21(14-18)35-4)37-15-17-9-7-8-10-20(17)29/h7-10,13-14,23H,5-6,11-12,15H2,1-4H3,(H,30,31,32). The van der Waals surface area contributed by atoms with E-state index in [0.717, 1.165) is 29.7 Å². The summed E-state index contributed by atoms with van der Waals surface area (Å²) in [6.45, 7) is 6.50. The van der Waals surface area contributed by atoms with Crippen LogP contribution < -0.4 is 14.8 Å². The third-order valence-electron chi connectivity index (χ3n) is 5.82. The quantitative estimate of drug-likeness (QED) is 0.180. The van der Waals surface area contributed by atoms with Gasteiger partial charge in [-0.25, -0.2) is 9.48 Å². The molecule has 1 aromatic heterocycles. The summed E-state index contributed by atoms with van der Waals surface area (Å²) >= 11 is 11.5. The van der Waals surface area contributed by atoms with Gasteiger partial charge in [-0.15, -0.1) is 5.10 Å². The minimum absolute atomic E-state index is 0.264. The summed E-state index contributed by atoms with van der Waals surface area (Å²) in [6, 6.07) is 10.7. The third-order valence-corrected chi connectivity index (χ3v) is 7.82. The lowest BCUT2D eigenvalue weighted by atomic mass is 9.95. The summed E-state index contributed by atoms with van der Waals surface area (Å²) in [7, 11) is 1.58. The van der Waals surface area contributed by atoms with Crippen molar-refractivity contribution < 1.29 is 19.0 Å². The molecule has 0 radical (unpaired) electrons. The van der Waals surface area contributed by atoms with Crippen LogP contribution in [0.25, 0.3) is 0 Å². The predicted molar refractivity (Wildman–Crippen MR) is 153 cm³/mol. The number of nitrogens with zero attached hydrogens (tertiary/aromatic N) is 3. The largest absolute Gasteiger partial charge is 0.493 e. The average molecular weight is 622 g/mol. The van der Waals surface area contributed by atoms with Crippen molar-refractivity contribution in [2.45, 2.75) is 51.4 Å². The van der Waals surface area contributed by atoms with E-state index in [1.54, 1.807) is 23.6 Å². The Morgan fingerprint density at radius 2 is 2.03 bits per heavy atom. The Balaban J connectivity index is 1.76. The van der Waals surface area contributed by atoms with Gasteiger partial charge in [-0.05, 0) is 59.5 Å². The molecule has 1 aliphatic heterocycles. The summed E-state index contributed by atoms with van der Waals surface area (Å²) in [5, 5.41) is 9.25. The van der Waals surface area contributed by atoms with E-state index in [0.29, 0.717) is 50.0 Å². The number of esters is 1. The summed E-state index contributed by atoms with van der Waals surface area (Å²) in [4.78, 5) is 17.9. The van der Waals surface area contributed by atoms with E-state index in [4.69, 9.17) is 30.9 Å². The van der Waals surface area contributed by atoms with Crippen LogP contribution in [0.2, 0.25) is 5.02 Å². The van der Waals surface area contributed by atoms with Crippen molar-refractivity contribution in [2.75, 3.05) is 24.8 Å². The first-order valence-electron chi connectivity index (χ1n) is 12.4. The topological polar surface area (TPSA) is 87.5 Å². The molecule has 202 valence electrons. The van der Waals surface area contributed by atoms with E-state index < -0.39 is 12.0 Å². The van der Waals surface area contributed by atoms with Crippen LogP contribution in [0.4, 0.5) is 5.95 Å². The molecule has 4 rings (SSSR count). The van der Waals surface area contributed by atoms with Gasteiger partial charge in [0.1, 0.15) is 12.6 Å². The number of methoxy groups -OCH3 is 1. The van der Waals surface area contributed by atoms with Gasteiger partial charge in [0, 0.05) is 22.0 Å². The molecule has 1 atom stereocenters. The smallest absolute Gasteiger partial charge is 0.338 e. The lowest BCUT2D eigenvalue weighted by molar-refractivity contribution is -0.139. The fourth-order valence-corrected chi connectivity index (χ4v) is 5.48. The number of rotatable bonds is 11. The predicted octanol–water partition coefficient (Wildman–Crippen LogP) is 7.03. The number of carbonyl (C=O) groups is 1. The SMILES string of the molecule is CCCOC(=O)C1=C(C)Nc2nc(SCCC)nn2C1c1cc(Br)c(OCc2ccccc2Cl)c(OC)c1. The number of allylic oxidation sites excluding steroid dienone is 1. The van der Waals surface area contributed by atoms with Gasteiger partial charge in [-0.2, -0.15) is 4.98 Å². The molecule has 0 aliphatic carbocycles. The lowest BCUT2D eigenvalue weighted by Gasteiger charge is -2.28. The Morgan fingerprint density at radius 1 is 1.24 bits per heavy atom. The van der Waals surface area contributed by atoms with Gasteiger partial charge in [0.15, 0.2) is 11.5 Å². The zero-order valence-electron chi connectivity index (χ0n) is 21.7. The van der Waals surface area contributed by atoms with Crippen LogP contribution in [0, 0.1) is 0 Å². The number of ether oxygens (including phenoxy) is 3. The molecular formula is C27H30BrClN4O4S. The van der Waals surface area contributed by atoms with Gasteiger partial charge in [0.05, 0.1) is 23.8 Å². The Kier molecular flexibility index (Phi) is 9.62. The molecule has 1 N–H and O–H groups in total. The van der Waals surface area contributed by atoms with E-state index in [-0.39, 0.29) is 6.61 Å². The van der Waals surface area contributed by atoms with Gasteiger partial charge in [0.25, 0.3) is 0 Å². The third kappa shape index (κ3) is 6.13. The number of hydrogen-bond acceptors (Lipinski definition) is 8. The molecule has 0 saturated carbocycles. The zero-order chi connectivity index (χ0) is 27.2. The Morgan fingerprint density at radius 3 is 2.74 bits per heavy atom. The number of halogens is 2. The van der Waals surface area contributed by atoms with Crippen LogP contribution in [-0.4, -0.2) is 40.2 Å². The van der Waals surface area contributed by atoms with E-state index in [1.165, 1.54) is 0 Å². The number of anilines is 1. The first-order chi connectivity index (χ1) is 18.4. The minimum Gasteiger partial charge on any atom is -0.493 e. The lowest BCUT2D eigenvalue weighted by Crippen LogP contribution is -2.30. The molecule has 2 heterocycles. The normalized spacial score (nSPS) is 14.6. The Bertz CT molecular complexity index is 1350. The fourth-order valence-electron chi connectivity index (χ4n) is 4.03. The molecule has 3 aromatic rings. The molecule has 11 heteroatoms. The van der Waals surface area contributed by atoms with Crippen molar-refractivity contribution in [3.8, 4) is 11.5 Å². The molecule has 38 heavy (non-hydrogen) atoms. The van der Waals surface area contributed by atoms with Crippen molar-refractivity contribution in [1.82, 2.24) is 14.8 Å². The van der Waals surface area contributed by atoms with Crippen molar-refractivity contribution in [1.29, 1.82) is 0 Å². The number of benzene rings is 2. The second-order valence-corrected chi connectivity index (χ2v) is 11.0.